The van der Waals surface area contributed by atoms with Crippen molar-refractivity contribution in [3.63, 3.8) is 0 Å². The van der Waals surface area contributed by atoms with Gasteiger partial charge in [0.1, 0.15) is 5.60 Å². The molecule has 2 rings (SSSR count). The van der Waals surface area contributed by atoms with Crippen molar-refractivity contribution in [2.24, 2.45) is 5.10 Å². The highest BCUT2D eigenvalue weighted by Crippen LogP contribution is 2.19. The lowest BCUT2D eigenvalue weighted by Crippen LogP contribution is -2.40. The highest BCUT2D eigenvalue weighted by molar-refractivity contribution is 5.96. The molecule has 0 aromatic heterocycles. The van der Waals surface area contributed by atoms with Crippen LogP contribution in [0.2, 0.25) is 0 Å². The summed E-state index contributed by atoms with van der Waals surface area (Å²) in [5.41, 5.74) is 3.11. The van der Waals surface area contributed by atoms with Gasteiger partial charge in [0.05, 0.1) is 6.04 Å². The van der Waals surface area contributed by atoms with Crippen LogP contribution >= 0.6 is 0 Å². The Hall–Kier alpha value is -2.96. The number of ketones is 1. The van der Waals surface area contributed by atoms with Gasteiger partial charge >= 0.3 is 6.09 Å². The Morgan fingerprint density at radius 3 is 2.41 bits per heavy atom. The van der Waals surface area contributed by atoms with E-state index in [0.717, 1.165) is 18.4 Å². The van der Waals surface area contributed by atoms with Crippen LogP contribution in [0.25, 0.3) is 6.08 Å². The Labute approximate surface area is 192 Å². The minimum absolute atomic E-state index is 0.0643. The van der Waals surface area contributed by atoms with E-state index in [1.165, 1.54) is 13.0 Å². The number of hydrogen-bond donors (Lipinski definition) is 1. The number of amides is 2. The lowest BCUT2D eigenvalue weighted by atomic mass is 10.1. The highest BCUT2D eigenvalue weighted by atomic mass is 16.6. The van der Waals surface area contributed by atoms with E-state index in [-0.39, 0.29) is 23.8 Å². The van der Waals surface area contributed by atoms with Crippen molar-refractivity contribution in [2.45, 2.75) is 79.9 Å². The maximum atomic E-state index is 12.3. The van der Waals surface area contributed by atoms with E-state index in [1.807, 2.05) is 48.5 Å². The van der Waals surface area contributed by atoms with Crippen molar-refractivity contribution in [1.82, 2.24) is 10.3 Å². The van der Waals surface area contributed by atoms with Crippen molar-refractivity contribution in [2.75, 3.05) is 6.54 Å². The first kappa shape index (κ1) is 29.0. The molecule has 1 aromatic carbocycles. The Balaban J connectivity index is 0.00000227. The van der Waals surface area contributed by atoms with Crippen LogP contribution in [0.15, 0.2) is 35.4 Å². The largest absolute Gasteiger partial charge is 0.444 e. The van der Waals surface area contributed by atoms with Crippen LogP contribution in [0.3, 0.4) is 0 Å². The molecular weight excluding hydrogens is 406 g/mol. The van der Waals surface area contributed by atoms with Gasteiger partial charge in [-0.3, -0.25) is 9.59 Å². The molecule has 32 heavy (non-hydrogen) atoms. The second kappa shape index (κ2) is 14.9. The number of nitrogens with one attached hydrogen (secondary N) is 1. The zero-order chi connectivity index (χ0) is 24.7. The van der Waals surface area contributed by atoms with Gasteiger partial charge in [-0.25, -0.2) is 10.2 Å². The van der Waals surface area contributed by atoms with Crippen LogP contribution in [0, 0.1) is 0 Å². The lowest BCUT2D eigenvalue weighted by molar-refractivity contribution is -0.112. The van der Waals surface area contributed by atoms with Crippen LogP contribution in [0.5, 0.6) is 0 Å². The van der Waals surface area contributed by atoms with E-state index in [4.69, 9.17) is 4.74 Å². The summed E-state index contributed by atoms with van der Waals surface area (Å²) in [4.78, 5) is 37.2. The molecule has 0 unspecified atom stereocenters. The van der Waals surface area contributed by atoms with Crippen molar-refractivity contribution < 1.29 is 19.1 Å². The van der Waals surface area contributed by atoms with Gasteiger partial charge in [-0.15, -0.1) is 0 Å². The minimum atomic E-state index is -0.558. The van der Waals surface area contributed by atoms with Crippen LogP contribution in [0.4, 0.5) is 4.79 Å². The summed E-state index contributed by atoms with van der Waals surface area (Å²) in [5, 5.41) is 4.02. The van der Waals surface area contributed by atoms with Gasteiger partial charge in [0.25, 0.3) is 5.91 Å². The third-order valence-electron chi connectivity index (χ3n) is 4.00. The second-order valence-electron chi connectivity index (χ2n) is 7.67. The number of carbonyl (C=O) groups excluding carboxylic acids is 3. The lowest BCUT2D eigenvalue weighted by Gasteiger charge is -2.26. The van der Waals surface area contributed by atoms with Crippen LogP contribution < -0.4 is 5.43 Å². The predicted molar refractivity (Wildman–Crippen MR) is 131 cm³/mol. The number of allylic oxidation sites excluding steroid dienone is 1. The van der Waals surface area contributed by atoms with Crippen LogP contribution in [-0.2, 0) is 9.53 Å². The molecule has 0 saturated carbocycles. The quantitative estimate of drug-likeness (QED) is 0.370. The average molecular weight is 446 g/mol. The molecular formula is C25H39N3O4. The number of nitrogens with zero attached hydrogens (tertiary/aromatic N) is 2. The zero-order valence-electron chi connectivity index (χ0n) is 20.8. The van der Waals surface area contributed by atoms with Gasteiger partial charge in [-0.1, -0.05) is 45.9 Å². The molecule has 1 saturated heterocycles. The maximum absolute atomic E-state index is 12.3. The first-order valence-corrected chi connectivity index (χ1v) is 11.3. The minimum Gasteiger partial charge on any atom is -0.444 e. The highest BCUT2D eigenvalue weighted by Gasteiger charge is 2.31. The zero-order valence-corrected chi connectivity index (χ0v) is 20.8. The molecule has 1 aromatic rings. The van der Waals surface area contributed by atoms with Crippen LogP contribution in [0.1, 0.15) is 84.2 Å². The molecule has 2 amide bonds. The Morgan fingerprint density at radius 1 is 1.16 bits per heavy atom. The van der Waals surface area contributed by atoms with E-state index in [1.54, 1.807) is 41.5 Å². The monoisotopic (exact) mass is 445 g/mol. The fourth-order valence-electron chi connectivity index (χ4n) is 2.74. The third-order valence-corrected chi connectivity index (χ3v) is 4.00. The Kier molecular flexibility index (Phi) is 13.6. The van der Waals surface area contributed by atoms with E-state index >= 15 is 0 Å². The van der Waals surface area contributed by atoms with Crippen molar-refractivity contribution in [1.29, 1.82) is 0 Å². The van der Waals surface area contributed by atoms with Crippen molar-refractivity contribution in [3.8, 4) is 0 Å². The fourth-order valence-corrected chi connectivity index (χ4v) is 2.74. The smallest absolute Gasteiger partial charge is 0.410 e. The van der Waals surface area contributed by atoms with E-state index in [0.29, 0.717) is 12.1 Å². The molecule has 1 fully saturated rings. The Morgan fingerprint density at radius 2 is 1.81 bits per heavy atom. The molecule has 178 valence electrons. The van der Waals surface area contributed by atoms with Gasteiger partial charge in [-0.2, -0.15) is 5.10 Å². The number of ether oxygens (including phenoxy) is 1. The molecule has 1 heterocycles. The first-order chi connectivity index (χ1) is 15.2. The fraction of sp³-hybridized carbons (Fsp3) is 0.520. The molecule has 0 aliphatic carbocycles. The normalized spacial score (nSPS) is 15.5. The summed E-state index contributed by atoms with van der Waals surface area (Å²) in [5.74, 6) is -0.429. The van der Waals surface area contributed by atoms with Crippen molar-refractivity contribution >= 4 is 30.1 Å². The molecule has 0 bridgehead atoms. The van der Waals surface area contributed by atoms with Gasteiger partial charge in [0.2, 0.25) is 0 Å². The average Bonchev–Trinajstić information content (AvgIpc) is 3.23. The maximum Gasteiger partial charge on any atom is 0.410 e. The standard InChI is InChI=1S/C21H27N3O4.2C2H6/c1-15(25)10-11-16-7-5-8-17(13-16)19(26)23-22-14-18-9-6-12-24(18)20(27)28-21(2,3)4;2*1-2/h5,7-8,10-11,13-14,18H,6,9,12H2,1-4H3,(H,23,26);2*1-2H3/b11-10+,22-14+;;/t18-;;/m0../s1. The van der Waals surface area contributed by atoms with E-state index in [2.05, 4.69) is 10.5 Å². The number of hydrogen-bond acceptors (Lipinski definition) is 5. The number of carbonyl (C=O) groups is 3. The molecule has 1 N–H and O–H groups in total. The Bertz CT molecular complexity index is 795. The number of hydrazone groups is 1. The summed E-state index contributed by atoms with van der Waals surface area (Å²) in [6.07, 6.45) is 5.91. The summed E-state index contributed by atoms with van der Waals surface area (Å²) in [6, 6.07) is 6.67. The molecule has 0 radical (unpaired) electrons. The van der Waals surface area contributed by atoms with Crippen LogP contribution in [-0.4, -0.2) is 47.1 Å². The number of rotatable bonds is 5. The van der Waals surface area contributed by atoms with E-state index < -0.39 is 5.60 Å². The summed E-state index contributed by atoms with van der Waals surface area (Å²) in [7, 11) is 0. The van der Waals surface area contributed by atoms with Gasteiger partial charge in [0.15, 0.2) is 5.78 Å². The number of benzene rings is 1. The summed E-state index contributed by atoms with van der Waals surface area (Å²) in [6.45, 7) is 15.5. The van der Waals surface area contributed by atoms with Gasteiger partial charge < -0.3 is 9.64 Å². The number of likely N-dealkylation sites (tertiary alicyclic amines) is 1. The molecule has 7 heteroatoms. The third kappa shape index (κ3) is 10.9. The van der Waals surface area contributed by atoms with Crippen molar-refractivity contribution in [3.05, 3.63) is 41.5 Å². The van der Waals surface area contributed by atoms with E-state index in [9.17, 15) is 14.4 Å². The topological polar surface area (TPSA) is 88.1 Å². The molecule has 1 aliphatic rings. The molecule has 7 nitrogen and oxygen atoms in total. The first-order valence-electron chi connectivity index (χ1n) is 11.3. The summed E-state index contributed by atoms with van der Waals surface area (Å²) >= 11 is 0. The summed E-state index contributed by atoms with van der Waals surface area (Å²) < 4.78 is 5.41. The molecule has 1 atom stereocenters. The SMILES string of the molecule is CC.CC.CC(=O)/C=C/c1cccc(C(=O)N/N=C/[C@@H]2CCCN2C(=O)OC(C)(C)C)c1. The van der Waals surface area contributed by atoms with Gasteiger partial charge in [0, 0.05) is 18.3 Å². The second-order valence-corrected chi connectivity index (χ2v) is 7.67. The molecule has 0 spiro atoms. The van der Waals surface area contributed by atoms with Gasteiger partial charge in [-0.05, 0) is 64.3 Å². The molecule has 1 aliphatic heterocycles. The predicted octanol–water partition coefficient (Wildman–Crippen LogP) is 5.46.